The molecule has 0 aliphatic carbocycles. The maximum Gasteiger partial charge on any atom is 0.225 e. The number of hydrogen-bond donors (Lipinski definition) is 2. The van der Waals surface area contributed by atoms with Crippen molar-refractivity contribution in [3.63, 3.8) is 0 Å². The van der Waals surface area contributed by atoms with E-state index >= 15 is 0 Å². The number of nitrogen functional groups attached to an aromatic ring is 1. The fourth-order valence-electron chi connectivity index (χ4n) is 1.69. The Labute approximate surface area is 120 Å². The number of carbonyl (C=O) groups is 1. The normalized spacial score (nSPS) is 11.7. The third-order valence-corrected chi connectivity index (χ3v) is 3.85. The van der Waals surface area contributed by atoms with Crippen LogP contribution in [0.4, 0.5) is 15.8 Å². The van der Waals surface area contributed by atoms with Crippen LogP contribution >= 0.6 is 0 Å². The molecule has 0 aliphatic rings. The predicted octanol–water partition coefficient (Wildman–Crippen LogP) is 2.86. The van der Waals surface area contributed by atoms with Crippen LogP contribution in [-0.2, 0) is 4.79 Å². The fraction of sp³-hybridized carbons (Fsp3) is 0.533. The van der Waals surface area contributed by atoms with E-state index in [-0.39, 0.29) is 17.1 Å². The number of hydrogen-bond acceptors (Lipinski definition) is 3. The Bertz CT molecular complexity index is 474. The van der Waals surface area contributed by atoms with Crippen LogP contribution < -0.4 is 11.1 Å². The molecule has 0 heterocycles. The van der Waals surface area contributed by atoms with Gasteiger partial charge in [0.25, 0.3) is 0 Å². The van der Waals surface area contributed by atoms with E-state index in [2.05, 4.69) is 31.0 Å². The maximum atomic E-state index is 13.0. The number of carbonyl (C=O) groups excluding carboxylic acids is 1. The Kier molecular flexibility index (Phi) is 5.51. The molecular formula is C15H24FN3O. The summed E-state index contributed by atoms with van der Waals surface area (Å²) in [5.74, 6) is -0.581. The molecule has 0 saturated heterocycles. The Morgan fingerprint density at radius 1 is 1.45 bits per heavy atom. The fourth-order valence-corrected chi connectivity index (χ4v) is 1.69. The lowest BCUT2D eigenvalue weighted by Gasteiger charge is -2.34. The highest BCUT2D eigenvalue weighted by atomic mass is 19.1. The summed E-state index contributed by atoms with van der Waals surface area (Å²) in [4.78, 5) is 14.0. The number of benzene rings is 1. The molecule has 1 rings (SSSR count). The van der Waals surface area contributed by atoms with Crippen LogP contribution in [0.15, 0.2) is 18.2 Å². The Morgan fingerprint density at radius 2 is 2.10 bits per heavy atom. The number of halogens is 1. The minimum absolute atomic E-state index is 0.0343. The van der Waals surface area contributed by atoms with Crippen LogP contribution in [0.5, 0.6) is 0 Å². The van der Waals surface area contributed by atoms with Gasteiger partial charge in [0.2, 0.25) is 5.91 Å². The summed E-state index contributed by atoms with van der Waals surface area (Å²) >= 11 is 0. The van der Waals surface area contributed by atoms with Gasteiger partial charge in [-0.05, 0) is 45.5 Å². The molecule has 0 bridgehead atoms. The summed E-state index contributed by atoms with van der Waals surface area (Å²) in [6.07, 6.45) is 1.40. The minimum atomic E-state index is -0.479. The molecule has 0 aliphatic heterocycles. The van der Waals surface area contributed by atoms with Gasteiger partial charge in [-0.2, -0.15) is 0 Å². The van der Waals surface area contributed by atoms with Gasteiger partial charge in [0.1, 0.15) is 5.82 Å². The molecule has 1 amide bonds. The topological polar surface area (TPSA) is 58.4 Å². The summed E-state index contributed by atoms with van der Waals surface area (Å²) in [7, 11) is 2.01. The van der Waals surface area contributed by atoms with E-state index < -0.39 is 5.82 Å². The highest BCUT2D eigenvalue weighted by Crippen LogP contribution is 2.18. The first kappa shape index (κ1) is 16.4. The van der Waals surface area contributed by atoms with Crippen molar-refractivity contribution in [2.24, 2.45) is 0 Å². The molecular weight excluding hydrogens is 257 g/mol. The number of nitrogens with two attached hydrogens (primary N) is 1. The zero-order valence-electron chi connectivity index (χ0n) is 12.7. The lowest BCUT2D eigenvalue weighted by atomic mass is 10.00. The predicted molar refractivity (Wildman–Crippen MR) is 81.1 cm³/mol. The molecule has 0 spiro atoms. The van der Waals surface area contributed by atoms with Gasteiger partial charge in [-0.25, -0.2) is 4.39 Å². The van der Waals surface area contributed by atoms with Crippen LogP contribution in [-0.4, -0.2) is 29.9 Å². The van der Waals surface area contributed by atoms with E-state index in [1.807, 2.05) is 7.05 Å². The van der Waals surface area contributed by atoms with Crippen molar-refractivity contribution in [2.45, 2.75) is 39.2 Å². The first-order valence-electron chi connectivity index (χ1n) is 6.82. The van der Waals surface area contributed by atoms with E-state index in [1.54, 1.807) is 0 Å². The zero-order valence-corrected chi connectivity index (χ0v) is 12.7. The SMILES string of the molecule is CCC(C)(C)N(C)CCC(=O)Nc1ccc(F)c(N)c1. The molecule has 0 unspecified atom stereocenters. The standard InChI is InChI=1S/C15H24FN3O/c1-5-15(2,3)19(4)9-8-14(20)18-11-6-7-12(16)13(17)10-11/h6-7,10H,5,8-9,17H2,1-4H3,(H,18,20). The molecule has 5 heteroatoms. The molecule has 0 atom stereocenters. The first-order chi connectivity index (χ1) is 9.26. The average Bonchev–Trinajstić information content (AvgIpc) is 2.40. The molecule has 4 nitrogen and oxygen atoms in total. The molecule has 0 radical (unpaired) electrons. The van der Waals surface area contributed by atoms with Crippen molar-refractivity contribution in [3.8, 4) is 0 Å². The maximum absolute atomic E-state index is 13.0. The molecule has 20 heavy (non-hydrogen) atoms. The van der Waals surface area contributed by atoms with Crippen molar-refractivity contribution < 1.29 is 9.18 Å². The van der Waals surface area contributed by atoms with Crippen LogP contribution in [0, 0.1) is 5.82 Å². The first-order valence-corrected chi connectivity index (χ1v) is 6.82. The highest BCUT2D eigenvalue weighted by molar-refractivity contribution is 5.91. The van der Waals surface area contributed by atoms with E-state index in [0.717, 1.165) is 6.42 Å². The molecule has 0 fully saturated rings. The molecule has 0 saturated carbocycles. The van der Waals surface area contributed by atoms with Gasteiger partial charge < -0.3 is 16.0 Å². The lowest BCUT2D eigenvalue weighted by molar-refractivity contribution is -0.116. The van der Waals surface area contributed by atoms with Crippen molar-refractivity contribution in [3.05, 3.63) is 24.0 Å². The number of rotatable bonds is 6. The Hall–Kier alpha value is -1.62. The number of nitrogens with one attached hydrogen (secondary N) is 1. The van der Waals surface area contributed by atoms with Gasteiger partial charge in [-0.1, -0.05) is 6.92 Å². The van der Waals surface area contributed by atoms with E-state index in [1.165, 1.54) is 18.2 Å². The molecule has 1 aromatic rings. The molecule has 0 aromatic heterocycles. The Morgan fingerprint density at radius 3 is 2.65 bits per heavy atom. The van der Waals surface area contributed by atoms with Crippen molar-refractivity contribution in [1.29, 1.82) is 0 Å². The third kappa shape index (κ3) is 4.49. The molecule has 112 valence electrons. The molecule has 3 N–H and O–H groups in total. The van der Waals surface area contributed by atoms with Gasteiger partial charge in [-0.3, -0.25) is 4.79 Å². The van der Waals surface area contributed by atoms with E-state index in [0.29, 0.717) is 18.7 Å². The smallest absolute Gasteiger partial charge is 0.225 e. The van der Waals surface area contributed by atoms with E-state index in [4.69, 9.17) is 5.73 Å². The summed E-state index contributed by atoms with van der Waals surface area (Å²) in [6, 6.07) is 4.17. The van der Waals surface area contributed by atoms with Crippen molar-refractivity contribution >= 4 is 17.3 Å². The minimum Gasteiger partial charge on any atom is -0.396 e. The second-order valence-corrected chi connectivity index (χ2v) is 5.62. The summed E-state index contributed by atoms with van der Waals surface area (Å²) in [5.41, 5.74) is 6.08. The molecule has 1 aromatic carbocycles. The second kappa shape index (κ2) is 6.70. The van der Waals surface area contributed by atoms with Crippen LogP contribution in [0.2, 0.25) is 0 Å². The van der Waals surface area contributed by atoms with Gasteiger partial charge >= 0.3 is 0 Å². The van der Waals surface area contributed by atoms with Crippen LogP contribution in [0.25, 0.3) is 0 Å². The highest BCUT2D eigenvalue weighted by Gasteiger charge is 2.21. The Balaban J connectivity index is 2.50. The number of anilines is 2. The third-order valence-electron chi connectivity index (χ3n) is 3.85. The van der Waals surface area contributed by atoms with Crippen molar-refractivity contribution in [2.75, 3.05) is 24.6 Å². The summed E-state index contributed by atoms with van der Waals surface area (Å²) in [5, 5.41) is 2.72. The van der Waals surface area contributed by atoms with Crippen molar-refractivity contribution in [1.82, 2.24) is 4.90 Å². The van der Waals surface area contributed by atoms with Gasteiger partial charge in [0, 0.05) is 24.2 Å². The average molecular weight is 281 g/mol. The van der Waals surface area contributed by atoms with Crippen LogP contribution in [0.1, 0.15) is 33.6 Å². The quantitative estimate of drug-likeness (QED) is 0.788. The second-order valence-electron chi connectivity index (χ2n) is 5.62. The monoisotopic (exact) mass is 281 g/mol. The van der Waals surface area contributed by atoms with Gasteiger partial charge in [-0.15, -0.1) is 0 Å². The summed E-state index contributed by atoms with van der Waals surface area (Å²) in [6.45, 7) is 7.08. The summed E-state index contributed by atoms with van der Waals surface area (Å²) < 4.78 is 13.0. The lowest BCUT2D eigenvalue weighted by Crippen LogP contribution is -2.41. The van der Waals surface area contributed by atoms with E-state index in [9.17, 15) is 9.18 Å². The zero-order chi connectivity index (χ0) is 15.3. The van der Waals surface area contributed by atoms with Crippen LogP contribution in [0.3, 0.4) is 0 Å². The largest absolute Gasteiger partial charge is 0.396 e. The number of nitrogens with zero attached hydrogens (tertiary/aromatic N) is 1. The number of amides is 1. The van der Waals surface area contributed by atoms with Gasteiger partial charge in [0.05, 0.1) is 5.69 Å². The van der Waals surface area contributed by atoms with Gasteiger partial charge in [0.15, 0.2) is 0 Å².